The molecule has 116 valence electrons. The third kappa shape index (κ3) is 4.09. The first-order valence-electron chi connectivity index (χ1n) is 6.42. The maximum atomic E-state index is 11.9. The molecule has 2 rings (SSSR count). The number of carbonyl (C=O) groups excluding carboxylic acids is 1. The van der Waals surface area contributed by atoms with Crippen LogP contribution in [-0.4, -0.2) is 34.1 Å². The Kier molecular flexibility index (Phi) is 5.08. The molecule has 1 saturated heterocycles. The molecule has 1 aliphatic rings. The van der Waals surface area contributed by atoms with Crippen LogP contribution in [0.2, 0.25) is 0 Å². The molecule has 1 fully saturated rings. The van der Waals surface area contributed by atoms with Crippen molar-refractivity contribution in [1.82, 2.24) is 5.32 Å². The topological polar surface area (TPSA) is 81.7 Å². The summed E-state index contributed by atoms with van der Waals surface area (Å²) in [6.45, 7) is 0.726. The van der Waals surface area contributed by atoms with Crippen molar-refractivity contribution in [3.05, 3.63) is 23.8 Å². The van der Waals surface area contributed by atoms with Gasteiger partial charge in [0.15, 0.2) is 0 Å². The first kappa shape index (κ1) is 16.1. The maximum absolute atomic E-state index is 11.9. The molecule has 0 radical (unpaired) electrons. The number of methoxy groups -OCH3 is 1. The van der Waals surface area contributed by atoms with E-state index in [2.05, 4.69) is 5.32 Å². The van der Waals surface area contributed by atoms with Crippen LogP contribution < -0.4 is 10.1 Å². The molecule has 1 aliphatic heterocycles. The van der Waals surface area contributed by atoms with E-state index in [0.717, 1.165) is 6.42 Å². The van der Waals surface area contributed by atoms with Crippen LogP contribution in [0.4, 0.5) is 0 Å². The van der Waals surface area contributed by atoms with E-state index in [4.69, 9.17) is 20.2 Å². The van der Waals surface area contributed by atoms with Gasteiger partial charge in [-0.2, -0.15) is 0 Å². The summed E-state index contributed by atoms with van der Waals surface area (Å²) in [6, 6.07) is 4.24. The largest absolute Gasteiger partial charge is 0.496 e. The molecule has 0 aromatic heterocycles. The van der Waals surface area contributed by atoms with E-state index in [1.807, 2.05) is 0 Å². The van der Waals surface area contributed by atoms with Crippen molar-refractivity contribution in [3.63, 3.8) is 0 Å². The summed E-state index contributed by atoms with van der Waals surface area (Å²) >= 11 is 0. The lowest BCUT2D eigenvalue weighted by atomic mass is 10.2. The van der Waals surface area contributed by atoms with E-state index in [-0.39, 0.29) is 17.3 Å². The Bertz CT molecular complexity index is 625. The van der Waals surface area contributed by atoms with Gasteiger partial charge in [-0.3, -0.25) is 4.79 Å². The summed E-state index contributed by atoms with van der Waals surface area (Å²) in [4.78, 5) is 11.8. The van der Waals surface area contributed by atoms with Crippen LogP contribution in [0.1, 0.15) is 18.4 Å². The Morgan fingerprint density at radius 1 is 1.52 bits per heavy atom. The molecule has 8 heteroatoms. The normalized spacial score (nSPS) is 18.5. The molecule has 6 nitrogen and oxygen atoms in total. The summed E-state index contributed by atoms with van der Waals surface area (Å²) in [7, 11) is 2.96. The summed E-state index contributed by atoms with van der Waals surface area (Å²) in [5.74, 6) is 0.264. The minimum Gasteiger partial charge on any atom is -0.496 e. The molecule has 0 aliphatic carbocycles. The summed E-state index contributed by atoms with van der Waals surface area (Å²) in [6.07, 6.45) is 1.12. The van der Waals surface area contributed by atoms with Crippen molar-refractivity contribution in [2.45, 2.75) is 30.4 Å². The van der Waals surface area contributed by atoms with E-state index in [9.17, 15) is 13.2 Å². The van der Waals surface area contributed by atoms with Gasteiger partial charge >= 0.3 is 0 Å². The van der Waals surface area contributed by atoms with Gasteiger partial charge in [-0.15, -0.1) is 0 Å². The predicted octanol–water partition coefficient (Wildman–Crippen LogP) is 1.42. The molecule has 1 aromatic carbocycles. The Balaban J connectivity index is 2.12. The lowest BCUT2D eigenvalue weighted by molar-refractivity contribution is -0.130. The van der Waals surface area contributed by atoms with Crippen LogP contribution in [0.5, 0.6) is 5.75 Å². The SMILES string of the molecule is COc1ccc(S(=O)(=O)Cl)cc1CNC(=O)C1CCCO1. The minimum atomic E-state index is -3.83. The first-order chi connectivity index (χ1) is 9.91. The standard InChI is InChI=1S/C13H16ClNO5S/c1-19-11-5-4-10(21(14,17)18)7-9(11)8-15-13(16)12-3-2-6-20-12/h4-5,7,12H,2-3,6,8H2,1H3,(H,15,16). The Morgan fingerprint density at radius 3 is 2.86 bits per heavy atom. The average molecular weight is 334 g/mol. The third-order valence-electron chi connectivity index (χ3n) is 3.21. The number of halogens is 1. The molecule has 1 unspecified atom stereocenters. The summed E-state index contributed by atoms with van der Waals surface area (Å²) in [5.41, 5.74) is 0.533. The van der Waals surface area contributed by atoms with Crippen LogP contribution in [0.3, 0.4) is 0 Å². The number of hydrogen-bond acceptors (Lipinski definition) is 5. The van der Waals surface area contributed by atoms with Gasteiger partial charge < -0.3 is 14.8 Å². The smallest absolute Gasteiger partial charge is 0.261 e. The Hall–Kier alpha value is -1.31. The zero-order valence-electron chi connectivity index (χ0n) is 11.5. The van der Waals surface area contributed by atoms with E-state index >= 15 is 0 Å². The van der Waals surface area contributed by atoms with E-state index in [0.29, 0.717) is 24.3 Å². The summed E-state index contributed by atoms with van der Waals surface area (Å²) < 4.78 is 33.1. The second-order valence-corrected chi connectivity index (χ2v) is 7.20. The number of rotatable bonds is 5. The number of amides is 1. The van der Waals surface area contributed by atoms with Crippen LogP contribution in [-0.2, 0) is 25.1 Å². The molecular formula is C13H16ClNO5S. The van der Waals surface area contributed by atoms with Gasteiger partial charge in [0.1, 0.15) is 11.9 Å². The fourth-order valence-corrected chi connectivity index (χ4v) is 2.93. The van der Waals surface area contributed by atoms with Crippen LogP contribution in [0.15, 0.2) is 23.1 Å². The highest BCUT2D eigenvalue weighted by atomic mass is 35.7. The molecule has 1 aromatic rings. The molecule has 21 heavy (non-hydrogen) atoms. The molecule has 1 heterocycles. The number of carbonyl (C=O) groups is 1. The highest BCUT2D eigenvalue weighted by Crippen LogP contribution is 2.24. The quantitative estimate of drug-likeness (QED) is 0.824. The van der Waals surface area contributed by atoms with Crippen molar-refractivity contribution >= 4 is 25.6 Å². The monoisotopic (exact) mass is 333 g/mol. The predicted molar refractivity (Wildman–Crippen MR) is 76.9 cm³/mol. The number of nitrogens with one attached hydrogen (secondary N) is 1. The van der Waals surface area contributed by atoms with Crippen LogP contribution in [0, 0.1) is 0 Å². The van der Waals surface area contributed by atoms with Crippen molar-refractivity contribution in [2.24, 2.45) is 0 Å². The Labute approximate surface area is 127 Å². The first-order valence-corrected chi connectivity index (χ1v) is 8.73. The van der Waals surface area contributed by atoms with Crippen molar-refractivity contribution in [1.29, 1.82) is 0 Å². The highest BCUT2D eigenvalue weighted by molar-refractivity contribution is 8.13. The number of ether oxygens (including phenoxy) is 2. The van der Waals surface area contributed by atoms with Crippen LogP contribution >= 0.6 is 10.7 Å². The molecular weight excluding hydrogens is 318 g/mol. The van der Waals surface area contributed by atoms with Gasteiger partial charge in [-0.1, -0.05) is 0 Å². The van der Waals surface area contributed by atoms with Gasteiger partial charge in [0, 0.05) is 29.4 Å². The molecule has 0 spiro atoms. The maximum Gasteiger partial charge on any atom is 0.261 e. The van der Waals surface area contributed by atoms with Crippen molar-refractivity contribution < 1.29 is 22.7 Å². The van der Waals surface area contributed by atoms with E-state index in [1.54, 1.807) is 0 Å². The number of benzene rings is 1. The third-order valence-corrected chi connectivity index (χ3v) is 4.56. The van der Waals surface area contributed by atoms with Gasteiger partial charge in [0.2, 0.25) is 5.91 Å². The molecule has 1 N–H and O–H groups in total. The van der Waals surface area contributed by atoms with Gasteiger partial charge in [0.25, 0.3) is 9.05 Å². The summed E-state index contributed by atoms with van der Waals surface area (Å²) in [5, 5.41) is 2.71. The molecule has 0 saturated carbocycles. The second kappa shape index (κ2) is 6.64. The molecule has 0 bridgehead atoms. The van der Waals surface area contributed by atoms with Gasteiger partial charge in [0.05, 0.1) is 12.0 Å². The number of hydrogen-bond donors (Lipinski definition) is 1. The van der Waals surface area contributed by atoms with Crippen LogP contribution in [0.25, 0.3) is 0 Å². The fourth-order valence-electron chi connectivity index (χ4n) is 2.13. The second-order valence-electron chi connectivity index (χ2n) is 4.63. The van der Waals surface area contributed by atoms with E-state index in [1.165, 1.54) is 25.3 Å². The lowest BCUT2D eigenvalue weighted by Crippen LogP contribution is -2.33. The lowest BCUT2D eigenvalue weighted by Gasteiger charge is -2.13. The average Bonchev–Trinajstić information content (AvgIpc) is 2.97. The zero-order chi connectivity index (χ0) is 15.5. The zero-order valence-corrected chi connectivity index (χ0v) is 13.0. The Morgan fingerprint density at radius 2 is 2.29 bits per heavy atom. The fraction of sp³-hybridized carbons (Fsp3) is 0.462. The molecule has 1 amide bonds. The van der Waals surface area contributed by atoms with Crippen molar-refractivity contribution in [3.8, 4) is 5.75 Å². The van der Waals surface area contributed by atoms with E-state index < -0.39 is 15.2 Å². The van der Waals surface area contributed by atoms with Gasteiger partial charge in [-0.25, -0.2) is 8.42 Å². The molecule has 1 atom stereocenters. The minimum absolute atomic E-state index is 0.0358. The van der Waals surface area contributed by atoms with Gasteiger partial charge in [-0.05, 0) is 31.0 Å². The van der Waals surface area contributed by atoms with Crippen molar-refractivity contribution in [2.75, 3.05) is 13.7 Å². The highest BCUT2D eigenvalue weighted by Gasteiger charge is 2.23.